The zero-order valence-electron chi connectivity index (χ0n) is 19.7. The molecule has 5 rings (SSSR count). The zero-order valence-corrected chi connectivity index (χ0v) is 19.7. The van der Waals surface area contributed by atoms with Gasteiger partial charge in [-0.25, -0.2) is 18.9 Å². The number of hydrogen-bond acceptors (Lipinski definition) is 5. The first kappa shape index (κ1) is 24.4. The van der Waals surface area contributed by atoms with E-state index in [4.69, 9.17) is 9.84 Å². The number of carbonyl (C=O) groups is 4. The third-order valence-corrected chi connectivity index (χ3v) is 6.00. The number of rotatable bonds is 6. The summed E-state index contributed by atoms with van der Waals surface area (Å²) in [6.45, 7) is 0.107. The molecule has 188 valence electrons. The zero-order chi connectivity index (χ0) is 26.8. The number of carbonyl (C=O) groups excluding carboxylic acids is 3. The van der Waals surface area contributed by atoms with Gasteiger partial charge in [-0.1, -0.05) is 42.5 Å². The van der Waals surface area contributed by atoms with Crippen LogP contribution in [-0.2, 0) is 16.2 Å². The highest BCUT2D eigenvalue weighted by Gasteiger charge is 2.37. The van der Waals surface area contributed by atoms with Gasteiger partial charge in [0.15, 0.2) is 0 Å². The number of anilines is 1. The van der Waals surface area contributed by atoms with Crippen LogP contribution in [0.2, 0.25) is 0 Å². The predicted octanol–water partition coefficient (Wildman–Crippen LogP) is 4.92. The van der Waals surface area contributed by atoms with Gasteiger partial charge in [0.05, 0.1) is 11.3 Å². The number of barbiturate groups is 1. The van der Waals surface area contributed by atoms with Crippen molar-refractivity contribution < 1.29 is 33.4 Å². The first-order valence-electron chi connectivity index (χ1n) is 11.5. The number of nitrogens with zero attached hydrogens (tertiary/aromatic N) is 1. The van der Waals surface area contributed by atoms with Gasteiger partial charge in [-0.15, -0.1) is 0 Å². The molecule has 0 spiro atoms. The Balaban J connectivity index is 1.55. The molecular formula is C29H19FN2O6. The number of imide groups is 2. The fraction of sp³-hybridized carbons (Fsp3) is 0.0345. The van der Waals surface area contributed by atoms with Crippen LogP contribution in [0.5, 0.6) is 5.75 Å². The summed E-state index contributed by atoms with van der Waals surface area (Å²) in [5, 5.41) is 12.8. The van der Waals surface area contributed by atoms with Crippen molar-refractivity contribution in [3.8, 4) is 5.75 Å². The van der Waals surface area contributed by atoms with Crippen molar-refractivity contribution in [1.29, 1.82) is 0 Å². The Hall–Kier alpha value is -5.31. The Labute approximate surface area is 215 Å². The van der Waals surface area contributed by atoms with Gasteiger partial charge in [0.2, 0.25) is 0 Å². The minimum absolute atomic E-state index is 0.0239. The highest BCUT2D eigenvalue weighted by Crippen LogP contribution is 2.32. The van der Waals surface area contributed by atoms with Gasteiger partial charge in [0, 0.05) is 5.56 Å². The molecule has 0 saturated carbocycles. The lowest BCUT2D eigenvalue weighted by Crippen LogP contribution is -2.54. The topological polar surface area (TPSA) is 113 Å². The molecular weight excluding hydrogens is 491 g/mol. The summed E-state index contributed by atoms with van der Waals surface area (Å²) >= 11 is 0. The number of fused-ring (bicyclic) bond motifs is 1. The molecule has 1 aliphatic heterocycles. The Morgan fingerprint density at radius 3 is 2.34 bits per heavy atom. The normalized spacial score (nSPS) is 14.6. The molecule has 0 bridgehead atoms. The first-order chi connectivity index (χ1) is 18.3. The maximum absolute atomic E-state index is 13.4. The molecule has 38 heavy (non-hydrogen) atoms. The van der Waals surface area contributed by atoms with E-state index in [1.807, 2.05) is 24.3 Å². The van der Waals surface area contributed by atoms with Gasteiger partial charge < -0.3 is 9.84 Å². The van der Waals surface area contributed by atoms with Gasteiger partial charge in [0.25, 0.3) is 11.8 Å². The smallest absolute Gasteiger partial charge is 0.335 e. The van der Waals surface area contributed by atoms with E-state index in [9.17, 15) is 23.6 Å². The fourth-order valence-corrected chi connectivity index (χ4v) is 4.08. The third-order valence-electron chi connectivity index (χ3n) is 6.00. The summed E-state index contributed by atoms with van der Waals surface area (Å²) < 4.78 is 19.3. The van der Waals surface area contributed by atoms with Crippen molar-refractivity contribution in [3.05, 3.63) is 113 Å². The molecule has 4 amide bonds. The molecule has 0 aromatic heterocycles. The van der Waals surface area contributed by atoms with Gasteiger partial charge in [-0.2, -0.15) is 0 Å². The number of carboxylic acids is 1. The molecule has 1 aliphatic rings. The van der Waals surface area contributed by atoms with Crippen molar-refractivity contribution in [1.82, 2.24) is 5.32 Å². The standard InChI is InChI=1S/C29H19FN2O6/c30-20-10-5-17(6-11-20)16-38-25-14-9-18-3-1-2-4-22(18)23(25)15-24-26(33)31-29(37)32(27(24)34)21-12-7-19(8-13-21)28(35)36/h1-15H,16H2,(H,35,36)(H,31,33,37)/b24-15+. The summed E-state index contributed by atoms with van der Waals surface area (Å²) in [5.74, 6) is -2.92. The van der Waals surface area contributed by atoms with Crippen molar-refractivity contribution >= 4 is 46.4 Å². The van der Waals surface area contributed by atoms with E-state index in [2.05, 4.69) is 5.32 Å². The van der Waals surface area contributed by atoms with Crippen LogP contribution in [0.25, 0.3) is 16.8 Å². The van der Waals surface area contributed by atoms with Crippen molar-refractivity contribution in [3.63, 3.8) is 0 Å². The van der Waals surface area contributed by atoms with E-state index in [-0.39, 0.29) is 29.2 Å². The Morgan fingerprint density at radius 2 is 1.63 bits per heavy atom. The van der Waals surface area contributed by atoms with E-state index in [1.54, 1.807) is 24.3 Å². The maximum atomic E-state index is 13.4. The SMILES string of the molecule is O=C1NC(=O)N(c2ccc(C(=O)O)cc2)C(=O)/C1=C/c1c(OCc2ccc(F)cc2)ccc2ccccc12. The average Bonchev–Trinajstić information content (AvgIpc) is 2.91. The second-order valence-electron chi connectivity index (χ2n) is 8.42. The van der Waals surface area contributed by atoms with Gasteiger partial charge in [-0.05, 0) is 64.9 Å². The van der Waals surface area contributed by atoms with Gasteiger partial charge in [-0.3, -0.25) is 14.9 Å². The molecule has 1 heterocycles. The summed E-state index contributed by atoms with van der Waals surface area (Å²) in [5.41, 5.74) is 0.922. The van der Waals surface area contributed by atoms with Gasteiger partial charge >= 0.3 is 12.0 Å². The summed E-state index contributed by atoms with van der Waals surface area (Å²) in [6, 6.07) is 20.9. The number of hydrogen-bond donors (Lipinski definition) is 2. The van der Waals surface area contributed by atoms with E-state index in [0.29, 0.717) is 22.3 Å². The number of halogens is 1. The quantitative estimate of drug-likeness (QED) is 0.281. The number of carboxylic acid groups (broad SMARTS) is 1. The monoisotopic (exact) mass is 510 g/mol. The first-order valence-corrected chi connectivity index (χ1v) is 11.5. The van der Waals surface area contributed by atoms with Gasteiger partial charge in [0.1, 0.15) is 23.7 Å². The van der Waals surface area contributed by atoms with Crippen LogP contribution in [0.4, 0.5) is 14.9 Å². The number of aromatic carboxylic acids is 1. The second kappa shape index (κ2) is 9.98. The maximum Gasteiger partial charge on any atom is 0.335 e. The fourth-order valence-electron chi connectivity index (χ4n) is 4.08. The average molecular weight is 510 g/mol. The summed E-state index contributed by atoms with van der Waals surface area (Å²) in [6.07, 6.45) is 1.37. The minimum atomic E-state index is -1.16. The molecule has 2 N–H and O–H groups in total. The van der Waals surface area contributed by atoms with Crippen LogP contribution >= 0.6 is 0 Å². The third kappa shape index (κ3) is 4.72. The highest BCUT2D eigenvalue weighted by molar-refractivity contribution is 6.39. The molecule has 1 saturated heterocycles. The van der Waals surface area contributed by atoms with E-state index in [0.717, 1.165) is 10.3 Å². The van der Waals surface area contributed by atoms with Crippen LogP contribution in [0.1, 0.15) is 21.5 Å². The van der Waals surface area contributed by atoms with Crippen molar-refractivity contribution in [2.75, 3.05) is 4.90 Å². The number of amides is 4. The van der Waals surface area contributed by atoms with Crippen molar-refractivity contribution in [2.45, 2.75) is 6.61 Å². The highest BCUT2D eigenvalue weighted by atomic mass is 19.1. The molecule has 4 aromatic rings. The Bertz CT molecular complexity index is 1630. The van der Waals surface area contributed by atoms with Crippen LogP contribution < -0.4 is 15.0 Å². The lowest BCUT2D eigenvalue weighted by Gasteiger charge is -2.26. The van der Waals surface area contributed by atoms with Crippen LogP contribution in [-0.4, -0.2) is 28.9 Å². The molecule has 4 aromatic carbocycles. The number of ether oxygens (including phenoxy) is 1. The minimum Gasteiger partial charge on any atom is -0.488 e. The largest absolute Gasteiger partial charge is 0.488 e. The van der Waals surface area contributed by atoms with Crippen LogP contribution in [0, 0.1) is 5.82 Å². The second-order valence-corrected chi connectivity index (χ2v) is 8.42. The molecule has 1 fully saturated rings. The van der Waals surface area contributed by atoms with Crippen LogP contribution in [0.15, 0.2) is 90.5 Å². The molecule has 0 atom stereocenters. The Kier molecular flexibility index (Phi) is 6.40. The summed E-state index contributed by atoms with van der Waals surface area (Å²) in [7, 11) is 0. The lowest BCUT2D eigenvalue weighted by molar-refractivity contribution is -0.122. The van der Waals surface area contributed by atoms with Crippen LogP contribution in [0.3, 0.4) is 0 Å². The molecule has 8 nitrogen and oxygen atoms in total. The molecule has 0 unspecified atom stereocenters. The predicted molar refractivity (Wildman–Crippen MR) is 137 cm³/mol. The van der Waals surface area contributed by atoms with E-state index < -0.39 is 23.8 Å². The number of nitrogens with one attached hydrogen (secondary N) is 1. The summed E-state index contributed by atoms with van der Waals surface area (Å²) in [4.78, 5) is 50.7. The van der Waals surface area contributed by atoms with E-state index in [1.165, 1.54) is 42.5 Å². The number of benzene rings is 4. The lowest BCUT2D eigenvalue weighted by atomic mass is 9.99. The molecule has 9 heteroatoms. The van der Waals surface area contributed by atoms with Crippen molar-refractivity contribution in [2.24, 2.45) is 0 Å². The van der Waals surface area contributed by atoms with E-state index >= 15 is 0 Å². The Morgan fingerprint density at radius 1 is 0.921 bits per heavy atom. The number of urea groups is 1. The molecule has 0 aliphatic carbocycles. The molecule has 0 radical (unpaired) electrons.